The van der Waals surface area contributed by atoms with Crippen LogP contribution < -0.4 is 0 Å². The molecule has 0 aliphatic rings. The van der Waals surface area contributed by atoms with Gasteiger partial charge in [0.1, 0.15) is 5.82 Å². The number of aromatic nitrogens is 3. The lowest BCUT2D eigenvalue weighted by molar-refractivity contribution is 0.102. The van der Waals surface area contributed by atoms with E-state index in [1.54, 1.807) is 0 Å². The maximum Gasteiger partial charge on any atom is 0.196 e. The molecule has 3 aromatic carbocycles. The lowest BCUT2D eigenvalue weighted by Gasteiger charge is -2.19. The maximum absolute atomic E-state index is 13.2. The van der Waals surface area contributed by atoms with E-state index in [1.165, 1.54) is 41.6 Å². The summed E-state index contributed by atoms with van der Waals surface area (Å²) in [7, 11) is 0. The van der Waals surface area contributed by atoms with Gasteiger partial charge in [0.05, 0.1) is 5.75 Å². The highest BCUT2D eigenvalue weighted by Crippen LogP contribution is 2.31. The molecule has 0 radical (unpaired) electrons. The third-order valence-electron chi connectivity index (χ3n) is 5.23. The minimum absolute atomic E-state index is 0.0457. The van der Waals surface area contributed by atoms with Gasteiger partial charge in [0, 0.05) is 21.8 Å². The van der Waals surface area contributed by atoms with Crippen molar-refractivity contribution in [3.8, 4) is 17.1 Å². The minimum Gasteiger partial charge on any atom is -0.293 e. The van der Waals surface area contributed by atoms with Crippen LogP contribution in [0.25, 0.3) is 17.1 Å². The lowest BCUT2D eigenvalue weighted by atomic mass is 9.87. The van der Waals surface area contributed by atoms with Crippen molar-refractivity contribution >= 4 is 29.1 Å². The van der Waals surface area contributed by atoms with Gasteiger partial charge in [0.2, 0.25) is 0 Å². The topological polar surface area (TPSA) is 47.8 Å². The van der Waals surface area contributed by atoms with Crippen molar-refractivity contribution in [2.24, 2.45) is 0 Å². The van der Waals surface area contributed by atoms with Gasteiger partial charge in [-0.05, 0) is 59.5 Å². The third kappa shape index (κ3) is 5.34. The first-order chi connectivity index (χ1) is 15.7. The Hall–Kier alpha value is -2.96. The van der Waals surface area contributed by atoms with Crippen LogP contribution >= 0.6 is 23.4 Å². The highest BCUT2D eigenvalue weighted by atomic mass is 35.5. The number of benzene rings is 3. The van der Waals surface area contributed by atoms with E-state index in [0.717, 1.165) is 11.3 Å². The average molecular weight is 480 g/mol. The number of carbonyl (C=O) groups excluding carboxylic acids is 1. The predicted octanol–water partition coefficient (Wildman–Crippen LogP) is 7.00. The zero-order chi connectivity index (χ0) is 23.6. The SMILES string of the molecule is CC(C)(C)c1ccc(-c2nnc(SCC(=O)c3ccc(F)cc3)n2-c2ccc(Cl)cc2)cc1. The Labute approximate surface area is 201 Å². The first-order valence-electron chi connectivity index (χ1n) is 10.5. The van der Waals surface area contributed by atoms with Crippen LogP contribution in [-0.4, -0.2) is 26.3 Å². The number of Topliss-reactive ketones (excluding diaryl/α,β-unsaturated/α-hetero) is 1. The van der Waals surface area contributed by atoms with Crippen LogP contribution in [0.2, 0.25) is 5.02 Å². The molecule has 4 nitrogen and oxygen atoms in total. The molecule has 1 heterocycles. The van der Waals surface area contributed by atoms with E-state index in [1.807, 2.05) is 41.0 Å². The van der Waals surface area contributed by atoms with Gasteiger partial charge in [-0.25, -0.2) is 4.39 Å². The molecule has 0 saturated carbocycles. The minimum atomic E-state index is -0.371. The van der Waals surface area contributed by atoms with E-state index >= 15 is 0 Å². The molecule has 0 aliphatic carbocycles. The summed E-state index contributed by atoms with van der Waals surface area (Å²) in [5, 5.41) is 10.0. The van der Waals surface area contributed by atoms with E-state index in [-0.39, 0.29) is 22.8 Å². The van der Waals surface area contributed by atoms with Crippen molar-refractivity contribution in [2.75, 3.05) is 5.75 Å². The van der Waals surface area contributed by atoms with Gasteiger partial charge in [0.25, 0.3) is 0 Å². The number of carbonyl (C=O) groups is 1. The van der Waals surface area contributed by atoms with Crippen molar-refractivity contribution in [2.45, 2.75) is 31.3 Å². The summed E-state index contributed by atoms with van der Waals surface area (Å²) < 4.78 is 15.1. The molecule has 0 bridgehead atoms. The van der Waals surface area contributed by atoms with Crippen molar-refractivity contribution in [1.82, 2.24) is 14.8 Å². The van der Waals surface area contributed by atoms with Gasteiger partial charge in [-0.1, -0.05) is 68.4 Å². The van der Waals surface area contributed by atoms with E-state index in [9.17, 15) is 9.18 Å². The standard InChI is InChI=1S/C26H23ClFN3OS/c1-26(2,3)19-8-4-18(5-9-19)24-29-30-25(31(24)22-14-10-20(27)11-15-22)33-16-23(32)17-6-12-21(28)13-7-17/h4-15H,16H2,1-3H3. The summed E-state index contributed by atoms with van der Waals surface area (Å²) in [5.74, 6) is 0.348. The molecular formula is C26H23ClFN3OS. The second-order valence-corrected chi connectivity index (χ2v) is 10.0. The van der Waals surface area contributed by atoms with Crippen molar-refractivity contribution in [3.63, 3.8) is 0 Å². The van der Waals surface area contributed by atoms with Gasteiger partial charge >= 0.3 is 0 Å². The molecule has 168 valence electrons. The second kappa shape index (κ2) is 9.49. The lowest BCUT2D eigenvalue weighted by Crippen LogP contribution is -2.10. The molecule has 33 heavy (non-hydrogen) atoms. The van der Waals surface area contributed by atoms with Gasteiger partial charge in [-0.15, -0.1) is 10.2 Å². The summed E-state index contributed by atoms with van der Waals surface area (Å²) >= 11 is 7.38. The first-order valence-corrected chi connectivity index (χ1v) is 11.8. The Morgan fingerprint density at radius 1 is 0.939 bits per heavy atom. The highest BCUT2D eigenvalue weighted by molar-refractivity contribution is 7.99. The number of thioether (sulfide) groups is 1. The molecule has 0 spiro atoms. The molecule has 0 N–H and O–H groups in total. The van der Waals surface area contributed by atoms with Crippen LogP contribution in [0.1, 0.15) is 36.7 Å². The second-order valence-electron chi connectivity index (χ2n) is 8.66. The van der Waals surface area contributed by atoms with E-state index < -0.39 is 0 Å². The van der Waals surface area contributed by atoms with Crippen LogP contribution in [0.4, 0.5) is 4.39 Å². The van der Waals surface area contributed by atoms with Crippen LogP contribution in [0, 0.1) is 5.82 Å². The van der Waals surface area contributed by atoms with Gasteiger partial charge < -0.3 is 0 Å². The van der Waals surface area contributed by atoms with Crippen LogP contribution in [0.5, 0.6) is 0 Å². The predicted molar refractivity (Wildman–Crippen MR) is 132 cm³/mol. The molecule has 7 heteroatoms. The summed E-state index contributed by atoms with van der Waals surface area (Å²) in [5.41, 5.74) is 3.49. The van der Waals surface area contributed by atoms with Crippen molar-refractivity contribution in [1.29, 1.82) is 0 Å². The van der Waals surface area contributed by atoms with Crippen molar-refractivity contribution in [3.05, 3.63) is 94.8 Å². The van der Waals surface area contributed by atoms with Crippen LogP contribution in [0.3, 0.4) is 0 Å². The fourth-order valence-corrected chi connectivity index (χ4v) is 4.31. The highest BCUT2D eigenvalue weighted by Gasteiger charge is 2.19. The molecule has 0 unspecified atom stereocenters. The van der Waals surface area contributed by atoms with Gasteiger partial charge in [-0.2, -0.15) is 0 Å². The monoisotopic (exact) mass is 479 g/mol. The summed E-state index contributed by atoms with van der Waals surface area (Å²) in [4.78, 5) is 12.6. The Kier molecular flexibility index (Phi) is 6.68. The quantitative estimate of drug-likeness (QED) is 0.220. The molecule has 4 aromatic rings. The number of nitrogens with zero attached hydrogens (tertiary/aromatic N) is 3. The smallest absolute Gasteiger partial charge is 0.196 e. The number of hydrogen-bond acceptors (Lipinski definition) is 4. The number of hydrogen-bond donors (Lipinski definition) is 0. The molecule has 0 fully saturated rings. The zero-order valence-electron chi connectivity index (χ0n) is 18.5. The molecule has 4 rings (SSSR count). The fraction of sp³-hybridized carbons (Fsp3) is 0.192. The third-order valence-corrected chi connectivity index (χ3v) is 6.41. The Morgan fingerprint density at radius 3 is 2.18 bits per heavy atom. The first kappa shape index (κ1) is 23.2. The molecule has 0 saturated heterocycles. The molecule has 0 aliphatic heterocycles. The Balaban J connectivity index is 1.67. The molecule has 1 aromatic heterocycles. The summed E-state index contributed by atoms with van der Waals surface area (Å²) in [6, 6.07) is 21.2. The summed E-state index contributed by atoms with van der Waals surface area (Å²) in [6.07, 6.45) is 0. The van der Waals surface area contributed by atoms with Crippen LogP contribution in [-0.2, 0) is 5.41 Å². The fourth-order valence-electron chi connectivity index (χ4n) is 3.34. The number of rotatable bonds is 6. The van der Waals surface area contributed by atoms with Crippen LogP contribution in [0.15, 0.2) is 78.0 Å². The number of halogens is 2. The van der Waals surface area contributed by atoms with E-state index in [0.29, 0.717) is 21.6 Å². The van der Waals surface area contributed by atoms with E-state index in [2.05, 4.69) is 43.1 Å². The summed E-state index contributed by atoms with van der Waals surface area (Å²) in [6.45, 7) is 6.52. The maximum atomic E-state index is 13.2. The van der Waals surface area contributed by atoms with Gasteiger partial charge in [-0.3, -0.25) is 9.36 Å². The Bertz CT molecular complexity index is 1260. The van der Waals surface area contributed by atoms with E-state index in [4.69, 9.17) is 11.6 Å². The zero-order valence-corrected chi connectivity index (χ0v) is 20.1. The molecule has 0 amide bonds. The molecular weight excluding hydrogens is 457 g/mol. The van der Waals surface area contributed by atoms with Crippen molar-refractivity contribution < 1.29 is 9.18 Å². The molecule has 0 atom stereocenters. The largest absolute Gasteiger partial charge is 0.293 e. The Morgan fingerprint density at radius 2 is 1.58 bits per heavy atom. The number of ketones is 1. The average Bonchev–Trinajstić information content (AvgIpc) is 3.22. The normalized spacial score (nSPS) is 11.5. The van der Waals surface area contributed by atoms with Gasteiger partial charge in [0.15, 0.2) is 16.8 Å².